The van der Waals surface area contributed by atoms with E-state index in [9.17, 15) is 0 Å². The van der Waals surface area contributed by atoms with Gasteiger partial charge in [0.2, 0.25) is 0 Å². The molecule has 0 aliphatic carbocycles. The predicted molar refractivity (Wildman–Crippen MR) is 70.6 cm³/mol. The zero-order chi connectivity index (χ0) is 12.4. The zero-order valence-corrected chi connectivity index (χ0v) is 11.1. The molecule has 0 saturated heterocycles. The first-order chi connectivity index (χ1) is 8.15. The highest BCUT2D eigenvalue weighted by atomic mass is 35.5. The summed E-state index contributed by atoms with van der Waals surface area (Å²) >= 11 is 12.3. The average molecular weight is 270 g/mol. The summed E-state index contributed by atoms with van der Waals surface area (Å²) < 4.78 is 1.82. The molecule has 5 heteroatoms. The van der Waals surface area contributed by atoms with Gasteiger partial charge in [0, 0.05) is 13.2 Å². The number of aromatic nitrogens is 2. The topological polar surface area (TPSA) is 29.9 Å². The molecule has 2 aromatic rings. The number of nitrogens with zero attached hydrogens (tertiary/aromatic N) is 2. The minimum Gasteiger partial charge on any atom is -0.308 e. The van der Waals surface area contributed by atoms with Crippen LogP contribution < -0.4 is 5.32 Å². The van der Waals surface area contributed by atoms with Crippen LogP contribution in [0.1, 0.15) is 17.3 Å². The summed E-state index contributed by atoms with van der Waals surface area (Å²) in [7, 11) is 3.78. The quantitative estimate of drug-likeness (QED) is 0.929. The number of halogens is 2. The van der Waals surface area contributed by atoms with Crippen molar-refractivity contribution in [1.82, 2.24) is 15.1 Å². The first kappa shape index (κ1) is 12.4. The molecule has 1 aromatic heterocycles. The van der Waals surface area contributed by atoms with E-state index in [-0.39, 0.29) is 6.04 Å². The van der Waals surface area contributed by atoms with Gasteiger partial charge in [-0.1, -0.05) is 35.3 Å². The Morgan fingerprint density at radius 3 is 2.65 bits per heavy atom. The monoisotopic (exact) mass is 269 g/mol. The molecule has 0 fully saturated rings. The van der Waals surface area contributed by atoms with Crippen molar-refractivity contribution in [2.24, 2.45) is 7.05 Å². The van der Waals surface area contributed by atoms with Crippen LogP contribution in [0.25, 0.3) is 0 Å². The van der Waals surface area contributed by atoms with Crippen LogP contribution in [0.5, 0.6) is 0 Å². The molecule has 0 amide bonds. The summed E-state index contributed by atoms with van der Waals surface area (Å²) in [5.74, 6) is 0. The smallest absolute Gasteiger partial charge is 0.0760 e. The fourth-order valence-corrected chi connectivity index (χ4v) is 2.29. The second-order valence-corrected chi connectivity index (χ2v) is 4.53. The largest absolute Gasteiger partial charge is 0.308 e. The molecular weight excluding hydrogens is 257 g/mol. The molecule has 3 nitrogen and oxygen atoms in total. The molecule has 0 saturated carbocycles. The van der Waals surface area contributed by atoms with Gasteiger partial charge in [0.1, 0.15) is 0 Å². The zero-order valence-electron chi connectivity index (χ0n) is 9.61. The molecule has 1 unspecified atom stereocenters. The standard InChI is InChI=1S/C12H13Cl2N3/c1-15-12(10-6-7-16-17(10)2)8-4-3-5-9(13)11(8)14/h3-7,12,15H,1-2H3. The fraction of sp³-hybridized carbons (Fsp3) is 0.250. The van der Waals surface area contributed by atoms with E-state index >= 15 is 0 Å². The van der Waals surface area contributed by atoms with Gasteiger partial charge in [-0.3, -0.25) is 4.68 Å². The number of benzene rings is 1. The van der Waals surface area contributed by atoms with Gasteiger partial charge < -0.3 is 5.32 Å². The lowest BCUT2D eigenvalue weighted by molar-refractivity contribution is 0.606. The van der Waals surface area contributed by atoms with Crippen LogP contribution in [0.15, 0.2) is 30.5 Å². The van der Waals surface area contributed by atoms with E-state index in [4.69, 9.17) is 23.2 Å². The molecule has 0 spiro atoms. The number of aryl methyl sites for hydroxylation is 1. The molecular formula is C12H13Cl2N3. The van der Waals surface area contributed by atoms with E-state index in [1.165, 1.54) is 0 Å². The molecule has 1 N–H and O–H groups in total. The first-order valence-corrected chi connectivity index (χ1v) is 5.99. The third-order valence-corrected chi connectivity index (χ3v) is 3.57. The third-order valence-electron chi connectivity index (χ3n) is 2.74. The van der Waals surface area contributed by atoms with Gasteiger partial charge >= 0.3 is 0 Å². The Morgan fingerprint density at radius 2 is 2.06 bits per heavy atom. The van der Waals surface area contributed by atoms with Crippen molar-refractivity contribution in [2.75, 3.05) is 7.05 Å². The molecule has 1 heterocycles. The predicted octanol–water partition coefficient (Wildman–Crippen LogP) is 3.04. The van der Waals surface area contributed by atoms with Crippen molar-refractivity contribution in [2.45, 2.75) is 6.04 Å². The lowest BCUT2D eigenvalue weighted by Crippen LogP contribution is -2.21. The van der Waals surface area contributed by atoms with Gasteiger partial charge in [-0.2, -0.15) is 5.10 Å². The molecule has 90 valence electrons. The minimum atomic E-state index is -0.0197. The van der Waals surface area contributed by atoms with Crippen molar-refractivity contribution in [3.63, 3.8) is 0 Å². The van der Waals surface area contributed by atoms with Gasteiger partial charge in [0.25, 0.3) is 0 Å². The van der Waals surface area contributed by atoms with Crippen LogP contribution in [0.4, 0.5) is 0 Å². The van der Waals surface area contributed by atoms with E-state index in [2.05, 4.69) is 10.4 Å². The number of nitrogens with one attached hydrogen (secondary N) is 1. The first-order valence-electron chi connectivity index (χ1n) is 5.24. The maximum Gasteiger partial charge on any atom is 0.0760 e. The van der Waals surface area contributed by atoms with E-state index in [1.807, 2.05) is 37.0 Å². The normalized spacial score (nSPS) is 12.7. The number of rotatable bonds is 3. The fourth-order valence-electron chi connectivity index (χ4n) is 1.87. The maximum atomic E-state index is 6.23. The SMILES string of the molecule is CNC(c1cccc(Cl)c1Cl)c1ccnn1C. The van der Waals surface area contributed by atoms with Crippen molar-refractivity contribution in [3.8, 4) is 0 Å². The highest BCUT2D eigenvalue weighted by molar-refractivity contribution is 6.42. The summed E-state index contributed by atoms with van der Waals surface area (Å²) in [6.45, 7) is 0. The molecule has 2 rings (SSSR count). The molecule has 1 atom stereocenters. The Kier molecular flexibility index (Phi) is 3.72. The lowest BCUT2D eigenvalue weighted by Gasteiger charge is -2.18. The van der Waals surface area contributed by atoms with Gasteiger partial charge in [-0.15, -0.1) is 0 Å². The number of hydrogen-bond donors (Lipinski definition) is 1. The summed E-state index contributed by atoms with van der Waals surface area (Å²) in [4.78, 5) is 0. The Morgan fingerprint density at radius 1 is 1.29 bits per heavy atom. The van der Waals surface area contributed by atoms with Gasteiger partial charge in [-0.05, 0) is 24.7 Å². The maximum absolute atomic E-state index is 6.23. The molecule has 0 radical (unpaired) electrons. The van der Waals surface area contributed by atoms with Gasteiger partial charge in [0.15, 0.2) is 0 Å². The van der Waals surface area contributed by atoms with Crippen LogP contribution in [-0.2, 0) is 7.05 Å². The molecule has 0 bridgehead atoms. The van der Waals surface area contributed by atoms with Crippen LogP contribution >= 0.6 is 23.2 Å². The summed E-state index contributed by atoms with van der Waals surface area (Å²) in [5.41, 5.74) is 1.99. The van der Waals surface area contributed by atoms with Crippen molar-refractivity contribution >= 4 is 23.2 Å². The lowest BCUT2D eigenvalue weighted by atomic mass is 10.0. The van der Waals surface area contributed by atoms with E-state index in [0.717, 1.165) is 11.3 Å². The Balaban J connectivity index is 2.50. The average Bonchev–Trinajstić information content (AvgIpc) is 2.72. The van der Waals surface area contributed by atoms with Crippen molar-refractivity contribution in [1.29, 1.82) is 0 Å². The highest BCUT2D eigenvalue weighted by Crippen LogP contribution is 2.32. The Hall–Kier alpha value is -1.03. The minimum absolute atomic E-state index is 0.0197. The molecule has 17 heavy (non-hydrogen) atoms. The van der Waals surface area contributed by atoms with E-state index in [1.54, 1.807) is 12.3 Å². The number of hydrogen-bond acceptors (Lipinski definition) is 2. The summed E-state index contributed by atoms with van der Waals surface area (Å²) in [5, 5.41) is 8.53. The second-order valence-electron chi connectivity index (χ2n) is 3.74. The van der Waals surface area contributed by atoms with E-state index in [0.29, 0.717) is 10.0 Å². The van der Waals surface area contributed by atoms with E-state index < -0.39 is 0 Å². The Labute approximate surface area is 110 Å². The second kappa shape index (κ2) is 5.08. The summed E-state index contributed by atoms with van der Waals surface area (Å²) in [6.07, 6.45) is 1.76. The van der Waals surface area contributed by atoms with Crippen molar-refractivity contribution in [3.05, 3.63) is 51.8 Å². The Bertz CT molecular complexity index is 522. The third kappa shape index (κ3) is 2.32. The summed E-state index contributed by atoms with van der Waals surface area (Å²) in [6, 6.07) is 7.57. The van der Waals surface area contributed by atoms with Crippen LogP contribution in [-0.4, -0.2) is 16.8 Å². The molecule has 1 aromatic carbocycles. The van der Waals surface area contributed by atoms with Crippen LogP contribution in [0.2, 0.25) is 10.0 Å². The van der Waals surface area contributed by atoms with Crippen LogP contribution in [0, 0.1) is 0 Å². The molecule has 0 aliphatic heterocycles. The van der Waals surface area contributed by atoms with Crippen LogP contribution in [0.3, 0.4) is 0 Å². The van der Waals surface area contributed by atoms with Gasteiger partial charge in [0.05, 0.1) is 21.8 Å². The van der Waals surface area contributed by atoms with Gasteiger partial charge in [-0.25, -0.2) is 0 Å². The highest BCUT2D eigenvalue weighted by Gasteiger charge is 2.19. The van der Waals surface area contributed by atoms with Crippen molar-refractivity contribution < 1.29 is 0 Å². The molecule has 0 aliphatic rings.